The van der Waals surface area contributed by atoms with Gasteiger partial charge in [-0.05, 0) is 54.8 Å². The molecule has 6 heteroatoms. The Kier molecular flexibility index (Phi) is 5.11. The van der Waals surface area contributed by atoms with Crippen LogP contribution in [0.15, 0.2) is 77.2 Å². The average Bonchev–Trinajstić information content (AvgIpc) is 3.61. The average molecular weight is 426 g/mol. The highest BCUT2D eigenvalue weighted by molar-refractivity contribution is 6.12. The van der Waals surface area contributed by atoms with E-state index in [1.165, 1.54) is 0 Å². The molecule has 1 aliphatic rings. The molecule has 32 heavy (non-hydrogen) atoms. The summed E-state index contributed by atoms with van der Waals surface area (Å²) in [5, 5.41) is 6.62. The molecule has 1 fully saturated rings. The van der Waals surface area contributed by atoms with E-state index in [2.05, 4.69) is 10.6 Å². The molecule has 1 saturated carbocycles. The van der Waals surface area contributed by atoms with E-state index < -0.39 is 0 Å². The zero-order chi connectivity index (χ0) is 22.1. The molecule has 0 aliphatic heterocycles. The molecule has 1 aromatic heterocycles. The summed E-state index contributed by atoms with van der Waals surface area (Å²) in [4.78, 5) is 25.1. The Morgan fingerprint density at radius 2 is 1.59 bits per heavy atom. The van der Waals surface area contributed by atoms with Crippen LogP contribution in [0.5, 0.6) is 5.75 Å². The van der Waals surface area contributed by atoms with Crippen molar-refractivity contribution in [2.24, 2.45) is 5.92 Å². The second kappa shape index (κ2) is 8.23. The smallest absolute Gasteiger partial charge is 0.292 e. The minimum absolute atomic E-state index is 0.0481. The van der Waals surface area contributed by atoms with Crippen molar-refractivity contribution in [2.75, 3.05) is 17.7 Å². The number of nitrogens with one attached hydrogen (secondary N) is 2. The van der Waals surface area contributed by atoms with Crippen molar-refractivity contribution >= 4 is 34.2 Å². The number of carbonyl (C=O) groups is 2. The van der Waals surface area contributed by atoms with E-state index in [0.717, 1.165) is 29.4 Å². The lowest BCUT2D eigenvalue weighted by Gasteiger charge is -2.08. The zero-order valence-corrected chi connectivity index (χ0v) is 17.6. The van der Waals surface area contributed by atoms with Gasteiger partial charge in [0.05, 0.1) is 7.11 Å². The maximum absolute atomic E-state index is 13.2. The zero-order valence-electron chi connectivity index (χ0n) is 17.6. The highest BCUT2D eigenvalue weighted by atomic mass is 16.5. The molecule has 0 radical (unpaired) electrons. The summed E-state index contributed by atoms with van der Waals surface area (Å²) in [7, 11) is 1.59. The van der Waals surface area contributed by atoms with E-state index in [1.54, 1.807) is 37.4 Å². The maximum Gasteiger partial charge on any atom is 0.292 e. The topological polar surface area (TPSA) is 80.6 Å². The van der Waals surface area contributed by atoms with E-state index in [-0.39, 0.29) is 23.5 Å². The predicted octanol–water partition coefficient (Wildman–Crippen LogP) is 5.71. The normalized spacial score (nSPS) is 13.0. The second-order valence-electron chi connectivity index (χ2n) is 7.83. The Labute approximate surface area is 185 Å². The van der Waals surface area contributed by atoms with Crippen LogP contribution in [0.4, 0.5) is 11.4 Å². The van der Waals surface area contributed by atoms with Crippen LogP contribution >= 0.6 is 0 Å². The Morgan fingerprint density at radius 1 is 0.906 bits per heavy atom. The van der Waals surface area contributed by atoms with E-state index >= 15 is 0 Å². The summed E-state index contributed by atoms with van der Waals surface area (Å²) in [6, 6.07) is 22.3. The van der Waals surface area contributed by atoms with Crippen molar-refractivity contribution in [3.05, 3.63) is 78.6 Å². The standard InChI is InChI=1S/C26H22N2O4/c1-31-20-13-14-21-22(15-20)32-24(23(21)16-5-3-2-4-6-16)26(30)28-19-11-9-18(10-12-19)27-25(29)17-7-8-17/h2-6,9-15,17H,7-8H2,1H3,(H,27,29)(H,28,30). The fourth-order valence-corrected chi connectivity index (χ4v) is 3.67. The van der Waals surface area contributed by atoms with Gasteiger partial charge in [-0.25, -0.2) is 0 Å². The summed E-state index contributed by atoms with van der Waals surface area (Å²) in [6.45, 7) is 0. The third-order valence-corrected chi connectivity index (χ3v) is 5.52. The first-order valence-electron chi connectivity index (χ1n) is 10.5. The van der Waals surface area contributed by atoms with Gasteiger partial charge in [-0.15, -0.1) is 0 Å². The van der Waals surface area contributed by atoms with E-state index in [9.17, 15) is 9.59 Å². The van der Waals surface area contributed by atoms with Gasteiger partial charge in [-0.2, -0.15) is 0 Å². The SMILES string of the molecule is COc1ccc2c(-c3ccccc3)c(C(=O)Nc3ccc(NC(=O)C4CC4)cc3)oc2c1. The molecule has 0 unspecified atom stereocenters. The van der Waals surface area contributed by atoms with Crippen LogP contribution in [0.3, 0.4) is 0 Å². The van der Waals surface area contributed by atoms with Crippen molar-refractivity contribution in [2.45, 2.75) is 12.8 Å². The second-order valence-corrected chi connectivity index (χ2v) is 7.83. The number of ether oxygens (including phenoxy) is 1. The van der Waals surface area contributed by atoms with Gasteiger partial charge in [-0.1, -0.05) is 30.3 Å². The lowest BCUT2D eigenvalue weighted by molar-refractivity contribution is -0.117. The monoisotopic (exact) mass is 426 g/mol. The van der Waals surface area contributed by atoms with Crippen LogP contribution in [0.25, 0.3) is 22.1 Å². The van der Waals surface area contributed by atoms with Crippen LogP contribution in [0.2, 0.25) is 0 Å². The molecular formula is C26H22N2O4. The summed E-state index contributed by atoms with van der Waals surface area (Å²) >= 11 is 0. The van der Waals surface area contributed by atoms with Gasteiger partial charge >= 0.3 is 0 Å². The number of rotatable bonds is 6. The number of anilines is 2. The molecule has 160 valence electrons. The highest BCUT2D eigenvalue weighted by Crippen LogP contribution is 2.37. The van der Waals surface area contributed by atoms with Crippen molar-refractivity contribution < 1.29 is 18.7 Å². The Hall–Kier alpha value is -4.06. The minimum atomic E-state index is -0.353. The molecule has 0 bridgehead atoms. The van der Waals surface area contributed by atoms with E-state index in [1.807, 2.05) is 42.5 Å². The van der Waals surface area contributed by atoms with Crippen molar-refractivity contribution in [1.29, 1.82) is 0 Å². The summed E-state index contributed by atoms with van der Waals surface area (Å²) < 4.78 is 11.3. The third kappa shape index (κ3) is 3.95. The number of amides is 2. The number of hydrogen-bond donors (Lipinski definition) is 2. The number of fused-ring (bicyclic) bond motifs is 1. The number of furan rings is 1. The molecule has 0 spiro atoms. The fraction of sp³-hybridized carbons (Fsp3) is 0.154. The fourth-order valence-electron chi connectivity index (χ4n) is 3.67. The van der Waals surface area contributed by atoms with Gasteiger partial charge in [0.1, 0.15) is 11.3 Å². The number of carbonyl (C=O) groups excluding carboxylic acids is 2. The Morgan fingerprint density at radius 3 is 2.25 bits per heavy atom. The van der Waals surface area contributed by atoms with Crippen LogP contribution < -0.4 is 15.4 Å². The Bertz CT molecular complexity index is 1290. The van der Waals surface area contributed by atoms with E-state index in [4.69, 9.17) is 9.15 Å². The molecule has 4 aromatic rings. The first-order chi connectivity index (χ1) is 15.6. The van der Waals surface area contributed by atoms with Gasteiger partial charge in [-0.3, -0.25) is 9.59 Å². The molecule has 2 amide bonds. The van der Waals surface area contributed by atoms with Crippen molar-refractivity contribution in [1.82, 2.24) is 0 Å². The lowest BCUT2D eigenvalue weighted by atomic mass is 10.0. The van der Waals surface area contributed by atoms with Gasteiger partial charge < -0.3 is 19.8 Å². The number of hydrogen-bond acceptors (Lipinski definition) is 4. The first kappa shape index (κ1) is 19.9. The molecule has 1 aliphatic carbocycles. The van der Waals surface area contributed by atoms with Crippen LogP contribution in [0, 0.1) is 5.92 Å². The molecular weight excluding hydrogens is 404 g/mol. The molecule has 5 rings (SSSR count). The van der Waals surface area contributed by atoms with Crippen molar-refractivity contribution in [3.63, 3.8) is 0 Å². The molecule has 6 nitrogen and oxygen atoms in total. The maximum atomic E-state index is 13.2. The third-order valence-electron chi connectivity index (χ3n) is 5.52. The van der Waals surface area contributed by atoms with E-state index in [0.29, 0.717) is 22.7 Å². The molecule has 0 atom stereocenters. The molecule has 2 N–H and O–H groups in total. The van der Waals surface area contributed by atoms with Crippen LogP contribution in [0.1, 0.15) is 23.4 Å². The largest absolute Gasteiger partial charge is 0.497 e. The number of benzene rings is 3. The summed E-state index contributed by atoms with van der Waals surface area (Å²) in [6.07, 6.45) is 1.90. The lowest BCUT2D eigenvalue weighted by Crippen LogP contribution is -2.14. The highest BCUT2D eigenvalue weighted by Gasteiger charge is 2.29. The number of methoxy groups -OCH3 is 1. The van der Waals surface area contributed by atoms with Gasteiger partial charge in [0.2, 0.25) is 11.7 Å². The van der Waals surface area contributed by atoms with Gasteiger partial charge in [0.15, 0.2) is 0 Å². The first-order valence-corrected chi connectivity index (χ1v) is 10.5. The quantitative estimate of drug-likeness (QED) is 0.414. The minimum Gasteiger partial charge on any atom is -0.497 e. The predicted molar refractivity (Wildman–Crippen MR) is 124 cm³/mol. The van der Waals surface area contributed by atoms with Crippen LogP contribution in [-0.2, 0) is 4.79 Å². The van der Waals surface area contributed by atoms with Crippen LogP contribution in [-0.4, -0.2) is 18.9 Å². The van der Waals surface area contributed by atoms with Crippen molar-refractivity contribution in [3.8, 4) is 16.9 Å². The Balaban J connectivity index is 1.44. The molecule has 3 aromatic carbocycles. The molecule has 0 saturated heterocycles. The van der Waals surface area contributed by atoms with Gasteiger partial charge in [0, 0.05) is 34.3 Å². The van der Waals surface area contributed by atoms with Gasteiger partial charge in [0.25, 0.3) is 5.91 Å². The summed E-state index contributed by atoms with van der Waals surface area (Å²) in [5.41, 5.74) is 3.51. The summed E-state index contributed by atoms with van der Waals surface area (Å²) in [5.74, 6) is 0.713. The molecule has 1 heterocycles.